The first-order valence-electron chi connectivity index (χ1n) is 5.00. The van der Waals surface area contributed by atoms with Crippen LogP contribution in [0, 0.1) is 0 Å². The summed E-state index contributed by atoms with van der Waals surface area (Å²) in [6.45, 7) is 3.17. The third kappa shape index (κ3) is 4.96. The maximum Gasteiger partial charge on any atom is 0.233 e. The van der Waals surface area contributed by atoms with Crippen molar-refractivity contribution < 1.29 is 8.42 Å². The Bertz CT molecular complexity index is 434. The van der Waals surface area contributed by atoms with Crippen LogP contribution in [0.2, 0.25) is 0 Å². The van der Waals surface area contributed by atoms with Gasteiger partial charge in [0, 0.05) is 16.7 Å². The van der Waals surface area contributed by atoms with Crippen LogP contribution >= 0.6 is 15.9 Å². The fourth-order valence-corrected chi connectivity index (χ4v) is 2.57. The Morgan fingerprint density at radius 1 is 1.38 bits per heavy atom. The standard InChI is InChI=1S/C10H15BrN2O2S/c1-2-12-6-7-16(14,15)13-10-5-3-4-9(11)8-10/h3-5,8,12-13H,2,6-7H2,1H3. The number of anilines is 1. The SMILES string of the molecule is CCNCCS(=O)(=O)Nc1cccc(Br)c1. The largest absolute Gasteiger partial charge is 0.316 e. The van der Waals surface area contributed by atoms with Gasteiger partial charge in [-0.1, -0.05) is 28.9 Å². The minimum atomic E-state index is -3.26. The van der Waals surface area contributed by atoms with E-state index in [4.69, 9.17) is 0 Å². The molecular formula is C10H15BrN2O2S. The molecule has 0 spiro atoms. The van der Waals surface area contributed by atoms with Crippen LogP contribution < -0.4 is 10.0 Å². The fraction of sp³-hybridized carbons (Fsp3) is 0.400. The highest BCUT2D eigenvalue weighted by Crippen LogP contribution is 2.16. The first-order chi connectivity index (χ1) is 7.53. The number of hydrogen-bond donors (Lipinski definition) is 2. The van der Waals surface area contributed by atoms with Gasteiger partial charge in [0.15, 0.2) is 0 Å². The molecule has 0 unspecified atom stereocenters. The van der Waals surface area contributed by atoms with Crippen LogP contribution in [0.5, 0.6) is 0 Å². The predicted octanol–water partition coefficient (Wildman–Crippen LogP) is 1.80. The van der Waals surface area contributed by atoms with E-state index >= 15 is 0 Å². The molecule has 0 aromatic heterocycles. The average molecular weight is 307 g/mol. The Morgan fingerprint density at radius 2 is 2.12 bits per heavy atom. The number of rotatable bonds is 6. The van der Waals surface area contributed by atoms with Crippen molar-refractivity contribution in [1.82, 2.24) is 5.32 Å². The number of sulfonamides is 1. The number of halogens is 1. The van der Waals surface area contributed by atoms with Gasteiger partial charge in [-0.3, -0.25) is 4.72 Å². The summed E-state index contributed by atoms with van der Waals surface area (Å²) in [6, 6.07) is 7.07. The zero-order chi connectivity index (χ0) is 12.0. The van der Waals surface area contributed by atoms with Crippen molar-refractivity contribution in [2.45, 2.75) is 6.92 Å². The zero-order valence-electron chi connectivity index (χ0n) is 9.03. The number of hydrogen-bond acceptors (Lipinski definition) is 3. The van der Waals surface area contributed by atoms with Gasteiger partial charge >= 0.3 is 0 Å². The topological polar surface area (TPSA) is 58.2 Å². The maximum atomic E-state index is 11.6. The lowest BCUT2D eigenvalue weighted by Crippen LogP contribution is -2.26. The van der Waals surface area contributed by atoms with Gasteiger partial charge < -0.3 is 5.32 Å². The molecule has 0 fully saturated rings. The van der Waals surface area contributed by atoms with Gasteiger partial charge in [0.2, 0.25) is 10.0 Å². The summed E-state index contributed by atoms with van der Waals surface area (Å²) in [5, 5.41) is 2.97. The molecule has 1 aromatic rings. The molecule has 0 radical (unpaired) electrons. The molecule has 0 aliphatic rings. The quantitative estimate of drug-likeness (QED) is 0.788. The molecule has 0 bridgehead atoms. The highest BCUT2D eigenvalue weighted by molar-refractivity contribution is 9.10. The van der Waals surface area contributed by atoms with Crippen LogP contribution in [-0.2, 0) is 10.0 Å². The van der Waals surface area contributed by atoms with Crippen LogP contribution in [0.4, 0.5) is 5.69 Å². The lowest BCUT2D eigenvalue weighted by Gasteiger charge is -2.08. The summed E-state index contributed by atoms with van der Waals surface area (Å²) >= 11 is 3.29. The summed E-state index contributed by atoms with van der Waals surface area (Å²) in [5.74, 6) is 0.0767. The second-order valence-electron chi connectivity index (χ2n) is 3.28. The summed E-state index contributed by atoms with van der Waals surface area (Å²) in [7, 11) is -3.26. The molecule has 4 nitrogen and oxygen atoms in total. The number of benzene rings is 1. The van der Waals surface area contributed by atoms with Gasteiger partial charge in [0.05, 0.1) is 5.75 Å². The molecule has 0 aliphatic heterocycles. The lowest BCUT2D eigenvalue weighted by molar-refractivity contribution is 0.597. The molecule has 0 atom stereocenters. The van der Waals surface area contributed by atoms with Crippen LogP contribution in [0.25, 0.3) is 0 Å². The lowest BCUT2D eigenvalue weighted by atomic mass is 10.3. The van der Waals surface area contributed by atoms with Gasteiger partial charge in [0.1, 0.15) is 0 Å². The molecule has 2 N–H and O–H groups in total. The molecule has 6 heteroatoms. The van der Waals surface area contributed by atoms with E-state index in [1.54, 1.807) is 18.2 Å². The monoisotopic (exact) mass is 306 g/mol. The smallest absolute Gasteiger partial charge is 0.233 e. The molecule has 0 heterocycles. The molecule has 0 aliphatic carbocycles. The first-order valence-corrected chi connectivity index (χ1v) is 7.45. The predicted molar refractivity (Wildman–Crippen MR) is 70.1 cm³/mol. The van der Waals surface area contributed by atoms with Gasteiger partial charge in [-0.05, 0) is 24.7 Å². The van der Waals surface area contributed by atoms with Crippen LogP contribution in [0.1, 0.15) is 6.92 Å². The summed E-state index contributed by atoms with van der Waals surface area (Å²) in [4.78, 5) is 0. The number of nitrogens with one attached hydrogen (secondary N) is 2. The zero-order valence-corrected chi connectivity index (χ0v) is 11.4. The molecule has 1 aromatic carbocycles. The van der Waals surface area contributed by atoms with Crippen molar-refractivity contribution >= 4 is 31.6 Å². The van der Waals surface area contributed by atoms with Crippen LogP contribution in [0.3, 0.4) is 0 Å². The second kappa shape index (κ2) is 6.22. The molecule has 0 saturated carbocycles. The van der Waals surface area contributed by atoms with E-state index in [0.717, 1.165) is 11.0 Å². The van der Waals surface area contributed by atoms with E-state index in [0.29, 0.717) is 12.2 Å². The molecule has 1 rings (SSSR count). The Hall–Kier alpha value is -0.590. The third-order valence-electron chi connectivity index (χ3n) is 1.90. The summed E-state index contributed by atoms with van der Waals surface area (Å²) in [5.41, 5.74) is 0.575. The maximum absolute atomic E-state index is 11.6. The summed E-state index contributed by atoms with van der Waals surface area (Å²) < 4.78 is 26.6. The van der Waals surface area contributed by atoms with Crippen molar-refractivity contribution in [3.63, 3.8) is 0 Å². The van der Waals surface area contributed by atoms with Crippen LogP contribution in [0.15, 0.2) is 28.7 Å². The van der Waals surface area contributed by atoms with Gasteiger partial charge in [-0.2, -0.15) is 0 Å². The van der Waals surface area contributed by atoms with Gasteiger partial charge in [0.25, 0.3) is 0 Å². The van der Waals surface area contributed by atoms with Gasteiger partial charge in [-0.25, -0.2) is 8.42 Å². The minimum absolute atomic E-state index is 0.0767. The van der Waals surface area contributed by atoms with Crippen molar-refractivity contribution in [2.75, 3.05) is 23.6 Å². The second-order valence-corrected chi connectivity index (χ2v) is 6.04. The first kappa shape index (κ1) is 13.5. The molecule has 16 heavy (non-hydrogen) atoms. The molecule has 0 amide bonds. The Balaban J connectivity index is 2.59. The van der Waals surface area contributed by atoms with Gasteiger partial charge in [-0.15, -0.1) is 0 Å². The average Bonchev–Trinajstić information content (AvgIpc) is 2.17. The van der Waals surface area contributed by atoms with Crippen molar-refractivity contribution in [3.8, 4) is 0 Å². The minimum Gasteiger partial charge on any atom is -0.316 e. The van der Waals surface area contributed by atoms with Crippen molar-refractivity contribution in [3.05, 3.63) is 28.7 Å². The summed E-state index contributed by atoms with van der Waals surface area (Å²) in [6.07, 6.45) is 0. The fourth-order valence-electron chi connectivity index (χ4n) is 1.17. The Labute approximate surface area is 105 Å². The van der Waals surface area contributed by atoms with Crippen molar-refractivity contribution in [2.24, 2.45) is 0 Å². The van der Waals surface area contributed by atoms with E-state index in [1.165, 1.54) is 0 Å². The highest BCUT2D eigenvalue weighted by atomic mass is 79.9. The van der Waals surface area contributed by atoms with Crippen molar-refractivity contribution in [1.29, 1.82) is 0 Å². The van der Waals surface area contributed by atoms with E-state index in [9.17, 15) is 8.42 Å². The Morgan fingerprint density at radius 3 is 2.75 bits per heavy atom. The highest BCUT2D eigenvalue weighted by Gasteiger charge is 2.09. The van der Waals surface area contributed by atoms with E-state index in [-0.39, 0.29) is 5.75 Å². The van der Waals surface area contributed by atoms with Crippen LogP contribution in [-0.4, -0.2) is 27.3 Å². The van der Waals surface area contributed by atoms with E-state index in [1.807, 2.05) is 13.0 Å². The molecule has 90 valence electrons. The third-order valence-corrected chi connectivity index (χ3v) is 3.68. The van der Waals surface area contributed by atoms with E-state index in [2.05, 4.69) is 26.0 Å². The molecular weight excluding hydrogens is 292 g/mol. The molecule has 0 saturated heterocycles. The normalized spacial score (nSPS) is 11.4. The van der Waals surface area contributed by atoms with E-state index < -0.39 is 10.0 Å². The Kier molecular flexibility index (Phi) is 5.24.